The Morgan fingerprint density at radius 3 is 2.79 bits per heavy atom. The third-order valence-electron chi connectivity index (χ3n) is 5.74. The SMILES string of the molecule is COc1cc2nccc(Oc3ccc4[nH]c(C)cc4c3F)c2cc1OC(=O)N1CCO[C@@H](C)C1. The number of pyridine rings is 1. The van der Waals surface area contributed by atoms with Crippen LogP contribution in [0.2, 0.25) is 0 Å². The number of fused-ring (bicyclic) bond motifs is 2. The largest absolute Gasteiger partial charge is 0.493 e. The van der Waals surface area contributed by atoms with Gasteiger partial charge in [-0.3, -0.25) is 4.98 Å². The van der Waals surface area contributed by atoms with E-state index in [2.05, 4.69) is 9.97 Å². The maximum Gasteiger partial charge on any atom is 0.415 e. The number of halogens is 1. The molecular weight excluding hydrogens is 441 g/mol. The minimum absolute atomic E-state index is 0.0694. The van der Waals surface area contributed by atoms with E-state index in [0.29, 0.717) is 53.0 Å². The average Bonchev–Trinajstić information content (AvgIpc) is 3.22. The van der Waals surface area contributed by atoms with Crippen LogP contribution in [0.3, 0.4) is 0 Å². The lowest BCUT2D eigenvalue weighted by atomic mass is 10.1. The molecule has 1 aliphatic heterocycles. The Morgan fingerprint density at radius 2 is 2.00 bits per heavy atom. The van der Waals surface area contributed by atoms with Crippen LogP contribution in [-0.2, 0) is 4.74 Å². The van der Waals surface area contributed by atoms with Crippen LogP contribution in [0.15, 0.2) is 42.6 Å². The molecule has 0 radical (unpaired) electrons. The van der Waals surface area contributed by atoms with E-state index in [9.17, 15) is 4.79 Å². The molecular formula is C25H24FN3O5. The van der Waals surface area contributed by atoms with Crippen molar-refractivity contribution in [2.75, 3.05) is 26.8 Å². The molecule has 1 N–H and O–H groups in total. The first-order chi connectivity index (χ1) is 16.4. The molecule has 176 valence electrons. The number of methoxy groups -OCH3 is 1. The molecule has 5 rings (SSSR count). The summed E-state index contributed by atoms with van der Waals surface area (Å²) in [5, 5.41) is 0.996. The van der Waals surface area contributed by atoms with Crippen LogP contribution in [-0.4, -0.2) is 53.9 Å². The maximum atomic E-state index is 15.1. The number of aryl methyl sites for hydroxylation is 1. The number of nitrogens with one attached hydrogen (secondary N) is 1. The van der Waals surface area contributed by atoms with E-state index >= 15 is 4.39 Å². The normalized spacial score (nSPS) is 16.1. The first-order valence-electron chi connectivity index (χ1n) is 10.9. The number of carbonyl (C=O) groups is 1. The van der Waals surface area contributed by atoms with E-state index in [1.54, 1.807) is 47.5 Å². The monoisotopic (exact) mass is 465 g/mol. The number of hydrogen-bond donors (Lipinski definition) is 1. The lowest BCUT2D eigenvalue weighted by Crippen LogP contribution is -2.45. The minimum Gasteiger partial charge on any atom is -0.493 e. The van der Waals surface area contributed by atoms with E-state index in [1.165, 1.54) is 7.11 Å². The fourth-order valence-electron chi connectivity index (χ4n) is 4.08. The van der Waals surface area contributed by atoms with E-state index in [-0.39, 0.29) is 17.6 Å². The standard InChI is InChI=1S/C25H24FN3O5/c1-14-10-17-18(28-14)4-5-21(24(17)26)33-20-6-7-27-19-12-22(31-3)23(11-16(19)20)34-25(30)29-8-9-32-15(2)13-29/h4-7,10-12,15,28H,8-9,13H2,1-3H3/t15-/m0/s1. The van der Waals surface area contributed by atoms with Crippen molar-refractivity contribution in [3.05, 3.63) is 54.1 Å². The first kappa shape index (κ1) is 22.0. The van der Waals surface area contributed by atoms with Gasteiger partial charge in [-0.2, -0.15) is 0 Å². The Balaban J connectivity index is 1.50. The third kappa shape index (κ3) is 4.10. The van der Waals surface area contributed by atoms with Crippen LogP contribution < -0.4 is 14.2 Å². The Morgan fingerprint density at radius 1 is 1.15 bits per heavy atom. The zero-order valence-corrected chi connectivity index (χ0v) is 19.1. The molecule has 0 spiro atoms. The number of rotatable bonds is 4. The van der Waals surface area contributed by atoms with Gasteiger partial charge in [0.2, 0.25) is 0 Å². The van der Waals surface area contributed by atoms with Crippen molar-refractivity contribution in [3.63, 3.8) is 0 Å². The molecule has 0 bridgehead atoms. The number of nitrogens with zero attached hydrogens (tertiary/aromatic N) is 2. The summed E-state index contributed by atoms with van der Waals surface area (Å²) >= 11 is 0. The quantitative estimate of drug-likeness (QED) is 0.447. The number of hydrogen-bond acceptors (Lipinski definition) is 6. The average molecular weight is 465 g/mol. The zero-order valence-electron chi connectivity index (χ0n) is 19.1. The minimum atomic E-state index is -0.501. The number of H-pyrrole nitrogens is 1. The Labute approximate surface area is 195 Å². The molecule has 0 aliphatic carbocycles. The molecule has 1 amide bonds. The highest BCUT2D eigenvalue weighted by Crippen LogP contribution is 2.38. The Hall–Kier alpha value is -3.85. The third-order valence-corrected chi connectivity index (χ3v) is 5.74. The van der Waals surface area contributed by atoms with E-state index in [1.807, 2.05) is 13.8 Å². The summed E-state index contributed by atoms with van der Waals surface area (Å²) in [5.74, 6) is 0.552. The number of carbonyl (C=O) groups excluding carboxylic acids is 1. The second kappa shape index (κ2) is 8.83. The molecule has 1 saturated heterocycles. The molecule has 1 atom stereocenters. The van der Waals surface area contributed by atoms with Gasteiger partial charge in [0.1, 0.15) is 5.75 Å². The molecule has 1 aliphatic rings. The van der Waals surface area contributed by atoms with Gasteiger partial charge in [-0.25, -0.2) is 9.18 Å². The lowest BCUT2D eigenvalue weighted by Gasteiger charge is -2.30. The van der Waals surface area contributed by atoms with Crippen molar-refractivity contribution in [2.24, 2.45) is 0 Å². The number of aromatic nitrogens is 2. The van der Waals surface area contributed by atoms with Crippen molar-refractivity contribution in [1.29, 1.82) is 0 Å². The van der Waals surface area contributed by atoms with Crippen molar-refractivity contribution >= 4 is 27.9 Å². The topological polar surface area (TPSA) is 85.9 Å². The van der Waals surface area contributed by atoms with Crippen LogP contribution >= 0.6 is 0 Å². The highest BCUT2D eigenvalue weighted by molar-refractivity contribution is 5.89. The summed E-state index contributed by atoms with van der Waals surface area (Å²) < 4.78 is 37.7. The molecule has 0 unspecified atom stereocenters. The lowest BCUT2D eigenvalue weighted by molar-refractivity contribution is -0.0106. The zero-order chi connectivity index (χ0) is 23.8. The molecule has 2 aromatic heterocycles. The number of benzene rings is 2. The van der Waals surface area contributed by atoms with Crippen molar-refractivity contribution < 1.29 is 28.1 Å². The first-order valence-corrected chi connectivity index (χ1v) is 10.9. The number of ether oxygens (including phenoxy) is 4. The fourth-order valence-corrected chi connectivity index (χ4v) is 4.08. The van der Waals surface area contributed by atoms with E-state index < -0.39 is 11.9 Å². The van der Waals surface area contributed by atoms with Gasteiger partial charge in [0.25, 0.3) is 0 Å². The van der Waals surface area contributed by atoms with Crippen LogP contribution in [0.5, 0.6) is 23.0 Å². The van der Waals surface area contributed by atoms with Gasteiger partial charge < -0.3 is 28.8 Å². The highest BCUT2D eigenvalue weighted by Gasteiger charge is 2.24. The summed E-state index contributed by atoms with van der Waals surface area (Å²) in [5.41, 5.74) is 2.10. The van der Waals surface area contributed by atoms with Gasteiger partial charge in [0, 0.05) is 40.8 Å². The highest BCUT2D eigenvalue weighted by atomic mass is 19.1. The van der Waals surface area contributed by atoms with E-state index in [0.717, 1.165) is 5.69 Å². The summed E-state index contributed by atoms with van der Waals surface area (Å²) in [6.07, 6.45) is 0.993. The van der Waals surface area contributed by atoms with Gasteiger partial charge in [-0.15, -0.1) is 0 Å². The predicted molar refractivity (Wildman–Crippen MR) is 124 cm³/mol. The molecule has 4 aromatic rings. The van der Waals surface area contributed by atoms with Crippen LogP contribution in [0.4, 0.5) is 9.18 Å². The molecule has 8 nitrogen and oxygen atoms in total. The van der Waals surface area contributed by atoms with Gasteiger partial charge in [-0.05, 0) is 44.2 Å². The smallest absolute Gasteiger partial charge is 0.415 e. The number of amides is 1. The second-order valence-electron chi connectivity index (χ2n) is 8.22. The molecule has 9 heteroatoms. The molecule has 2 aromatic carbocycles. The number of aromatic amines is 1. The van der Waals surface area contributed by atoms with Gasteiger partial charge >= 0.3 is 6.09 Å². The summed E-state index contributed by atoms with van der Waals surface area (Å²) in [4.78, 5) is 21.8. The summed E-state index contributed by atoms with van der Waals surface area (Å²) in [7, 11) is 1.49. The molecule has 0 saturated carbocycles. The van der Waals surface area contributed by atoms with Gasteiger partial charge in [0.05, 0.1) is 31.9 Å². The van der Waals surface area contributed by atoms with Crippen LogP contribution in [0, 0.1) is 12.7 Å². The predicted octanol–water partition coefficient (Wildman–Crippen LogP) is 5.18. The molecule has 3 heterocycles. The van der Waals surface area contributed by atoms with Gasteiger partial charge in [-0.1, -0.05) is 0 Å². The van der Waals surface area contributed by atoms with Crippen molar-refractivity contribution in [3.8, 4) is 23.0 Å². The van der Waals surface area contributed by atoms with Crippen LogP contribution in [0.25, 0.3) is 21.8 Å². The van der Waals surface area contributed by atoms with Crippen LogP contribution in [0.1, 0.15) is 12.6 Å². The molecule has 1 fully saturated rings. The summed E-state index contributed by atoms with van der Waals surface area (Å²) in [6, 6.07) is 9.98. The Bertz CT molecular complexity index is 1390. The van der Waals surface area contributed by atoms with Crippen molar-refractivity contribution in [2.45, 2.75) is 20.0 Å². The fraction of sp³-hybridized carbons (Fsp3) is 0.280. The Kier molecular flexibility index (Phi) is 5.70. The second-order valence-corrected chi connectivity index (χ2v) is 8.22. The van der Waals surface area contributed by atoms with E-state index in [4.69, 9.17) is 18.9 Å². The number of morpholine rings is 1. The summed E-state index contributed by atoms with van der Waals surface area (Å²) in [6.45, 7) is 5.09. The van der Waals surface area contributed by atoms with Crippen molar-refractivity contribution in [1.82, 2.24) is 14.9 Å². The van der Waals surface area contributed by atoms with Gasteiger partial charge in [0.15, 0.2) is 23.1 Å². The molecule has 34 heavy (non-hydrogen) atoms. The maximum absolute atomic E-state index is 15.1.